The first-order valence-electron chi connectivity index (χ1n) is 8.66. The van der Waals surface area contributed by atoms with Gasteiger partial charge in [0.05, 0.1) is 6.21 Å². The minimum atomic E-state index is -0.840. The Morgan fingerprint density at radius 1 is 1.07 bits per heavy atom. The van der Waals surface area contributed by atoms with Gasteiger partial charge >= 0.3 is 11.8 Å². The van der Waals surface area contributed by atoms with E-state index in [1.165, 1.54) is 18.3 Å². The second-order valence-electron chi connectivity index (χ2n) is 5.79. The molecular weight excluding hydrogens is 365 g/mol. The Bertz CT molecular complexity index is 792. The number of methoxy groups -OCH3 is 1. The number of hydrogen-bond acceptors (Lipinski definition) is 5. The topological polar surface area (TPSA) is 89.0 Å². The van der Waals surface area contributed by atoms with Crippen LogP contribution in [-0.2, 0) is 20.9 Å². The summed E-state index contributed by atoms with van der Waals surface area (Å²) in [5, 5.41) is 6.21. The lowest BCUT2D eigenvalue weighted by atomic mass is 10.2. The lowest BCUT2D eigenvalue weighted by molar-refractivity contribution is -0.139. The van der Waals surface area contributed by atoms with Gasteiger partial charge in [-0.1, -0.05) is 12.1 Å². The first kappa shape index (κ1) is 21.0. The molecule has 28 heavy (non-hydrogen) atoms. The lowest BCUT2D eigenvalue weighted by Crippen LogP contribution is -2.38. The van der Waals surface area contributed by atoms with Gasteiger partial charge in [0.25, 0.3) is 0 Å². The number of hydrogen-bond donors (Lipinski definition) is 2. The third-order valence-corrected chi connectivity index (χ3v) is 3.60. The molecule has 2 aromatic carbocycles. The second-order valence-corrected chi connectivity index (χ2v) is 5.79. The monoisotopic (exact) mass is 387 g/mol. The van der Waals surface area contributed by atoms with Crippen molar-refractivity contribution in [2.45, 2.75) is 13.0 Å². The third-order valence-electron chi connectivity index (χ3n) is 3.60. The SMILES string of the molecule is COCCCNC(=O)C(=O)N/N=C\c1ccc(OCc2ccc(F)cc2)cc1. The Kier molecular flexibility index (Phi) is 8.61. The van der Waals surface area contributed by atoms with Crippen LogP contribution in [0.15, 0.2) is 53.6 Å². The molecule has 2 N–H and O–H groups in total. The van der Waals surface area contributed by atoms with Crippen LogP contribution < -0.4 is 15.5 Å². The average molecular weight is 387 g/mol. The van der Waals surface area contributed by atoms with E-state index in [1.54, 1.807) is 43.5 Å². The van der Waals surface area contributed by atoms with Gasteiger partial charge < -0.3 is 14.8 Å². The van der Waals surface area contributed by atoms with Crippen LogP contribution in [0.2, 0.25) is 0 Å². The Morgan fingerprint density at radius 2 is 1.79 bits per heavy atom. The molecule has 7 nitrogen and oxygen atoms in total. The van der Waals surface area contributed by atoms with Gasteiger partial charge in [-0.3, -0.25) is 9.59 Å². The summed E-state index contributed by atoms with van der Waals surface area (Å²) in [7, 11) is 1.56. The Labute approximate surface area is 162 Å². The fourth-order valence-electron chi connectivity index (χ4n) is 2.11. The number of benzene rings is 2. The number of nitrogens with zero attached hydrogens (tertiary/aromatic N) is 1. The highest BCUT2D eigenvalue weighted by molar-refractivity contribution is 6.35. The second kappa shape index (κ2) is 11.5. The average Bonchev–Trinajstić information content (AvgIpc) is 2.71. The molecule has 0 aliphatic carbocycles. The molecule has 0 unspecified atom stereocenters. The van der Waals surface area contributed by atoms with E-state index in [4.69, 9.17) is 9.47 Å². The molecule has 0 saturated carbocycles. The fourth-order valence-corrected chi connectivity index (χ4v) is 2.11. The molecule has 0 aromatic heterocycles. The summed E-state index contributed by atoms with van der Waals surface area (Å²) < 4.78 is 23.3. The highest BCUT2D eigenvalue weighted by Gasteiger charge is 2.11. The molecule has 2 amide bonds. The maximum Gasteiger partial charge on any atom is 0.329 e. The third kappa shape index (κ3) is 7.55. The molecule has 0 fully saturated rings. The summed E-state index contributed by atoms with van der Waals surface area (Å²) in [6.45, 7) is 1.18. The number of carbonyl (C=O) groups is 2. The largest absolute Gasteiger partial charge is 0.489 e. The van der Waals surface area contributed by atoms with Gasteiger partial charge in [-0.2, -0.15) is 5.10 Å². The molecule has 0 aliphatic rings. The van der Waals surface area contributed by atoms with Crippen molar-refractivity contribution in [3.8, 4) is 5.75 Å². The van der Waals surface area contributed by atoms with E-state index in [0.717, 1.165) is 11.1 Å². The summed E-state index contributed by atoms with van der Waals surface area (Å²) in [5.41, 5.74) is 3.74. The van der Waals surface area contributed by atoms with Crippen molar-refractivity contribution in [1.82, 2.24) is 10.7 Å². The van der Waals surface area contributed by atoms with Crippen LogP contribution in [0.5, 0.6) is 5.75 Å². The molecule has 148 valence electrons. The summed E-state index contributed by atoms with van der Waals surface area (Å²) in [6.07, 6.45) is 2.04. The molecule has 0 aliphatic heterocycles. The van der Waals surface area contributed by atoms with Crippen molar-refractivity contribution in [1.29, 1.82) is 0 Å². The van der Waals surface area contributed by atoms with Gasteiger partial charge in [-0.25, -0.2) is 9.82 Å². The minimum absolute atomic E-state index is 0.289. The van der Waals surface area contributed by atoms with Crippen molar-refractivity contribution < 1.29 is 23.5 Å². The number of ether oxygens (including phenoxy) is 2. The number of amides is 2. The Morgan fingerprint density at radius 3 is 2.46 bits per heavy atom. The van der Waals surface area contributed by atoms with Crippen LogP contribution >= 0.6 is 0 Å². The zero-order valence-electron chi connectivity index (χ0n) is 15.5. The molecule has 2 rings (SSSR count). The van der Waals surface area contributed by atoms with Crippen molar-refractivity contribution in [2.24, 2.45) is 5.10 Å². The van der Waals surface area contributed by atoms with Crippen LogP contribution in [0, 0.1) is 5.82 Å². The highest BCUT2D eigenvalue weighted by Crippen LogP contribution is 2.13. The van der Waals surface area contributed by atoms with E-state index in [0.29, 0.717) is 31.9 Å². The molecule has 0 saturated heterocycles. The van der Waals surface area contributed by atoms with Crippen LogP contribution in [0.1, 0.15) is 17.5 Å². The molecule has 0 atom stereocenters. The van der Waals surface area contributed by atoms with Gasteiger partial charge in [-0.05, 0) is 53.9 Å². The summed E-state index contributed by atoms with van der Waals surface area (Å²) >= 11 is 0. The summed E-state index contributed by atoms with van der Waals surface area (Å²) in [5.74, 6) is -1.24. The van der Waals surface area contributed by atoms with E-state index < -0.39 is 11.8 Å². The molecule has 2 aromatic rings. The molecule has 0 heterocycles. The van der Waals surface area contributed by atoms with Crippen LogP contribution in [-0.4, -0.2) is 38.3 Å². The molecule has 0 spiro atoms. The van der Waals surface area contributed by atoms with Crippen molar-refractivity contribution in [3.05, 3.63) is 65.5 Å². The predicted octanol–water partition coefficient (Wildman–Crippen LogP) is 2.01. The van der Waals surface area contributed by atoms with Gasteiger partial charge in [0.2, 0.25) is 0 Å². The Hall–Kier alpha value is -3.26. The van der Waals surface area contributed by atoms with Crippen molar-refractivity contribution in [2.75, 3.05) is 20.3 Å². The summed E-state index contributed by atoms with van der Waals surface area (Å²) in [4.78, 5) is 23.1. The maximum atomic E-state index is 12.9. The van der Waals surface area contributed by atoms with E-state index in [1.807, 2.05) is 0 Å². The van der Waals surface area contributed by atoms with Gasteiger partial charge in [0, 0.05) is 20.3 Å². The van der Waals surface area contributed by atoms with Crippen molar-refractivity contribution in [3.63, 3.8) is 0 Å². The number of halogens is 1. The van der Waals surface area contributed by atoms with Crippen LogP contribution in [0.25, 0.3) is 0 Å². The fraction of sp³-hybridized carbons (Fsp3) is 0.250. The molecule has 0 bridgehead atoms. The smallest absolute Gasteiger partial charge is 0.329 e. The predicted molar refractivity (Wildman–Crippen MR) is 102 cm³/mol. The highest BCUT2D eigenvalue weighted by atomic mass is 19.1. The first-order chi connectivity index (χ1) is 13.6. The van der Waals surface area contributed by atoms with E-state index in [9.17, 15) is 14.0 Å². The number of nitrogens with one attached hydrogen (secondary N) is 2. The number of rotatable bonds is 9. The van der Waals surface area contributed by atoms with Crippen LogP contribution in [0.3, 0.4) is 0 Å². The lowest BCUT2D eigenvalue weighted by Gasteiger charge is -2.06. The minimum Gasteiger partial charge on any atom is -0.489 e. The van der Waals surface area contributed by atoms with Gasteiger partial charge in [0.15, 0.2) is 0 Å². The number of hydrazone groups is 1. The molecule has 0 radical (unpaired) electrons. The number of carbonyl (C=O) groups excluding carboxylic acids is 2. The molecular formula is C20H22FN3O4. The van der Waals surface area contributed by atoms with Gasteiger partial charge in [0.1, 0.15) is 18.2 Å². The zero-order valence-corrected chi connectivity index (χ0v) is 15.5. The Balaban J connectivity index is 1.74. The zero-order chi connectivity index (χ0) is 20.2. The van der Waals surface area contributed by atoms with Gasteiger partial charge in [-0.15, -0.1) is 0 Å². The standard InChI is InChI=1S/C20H22FN3O4/c1-27-12-2-11-22-19(25)20(26)24-23-13-15-5-9-18(10-6-15)28-14-16-3-7-17(21)8-4-16/h3-10,13H,2,11-12,14H2,1H3,(H,22,25)(H,24,26)/b23-13-. The quantitative estimate of drug-likeness (QED) is 0.298. The van der Waals surface area contributed by atoms with Crippen molar-refractivity contribution >= 4 is 18.0 Å². The van der Waals surface area contributed by atoms with E-state index in [-0.39, 0.29) is 5.82 Å². The maximum absolute atomic E-state index is 12.9. The summed E-state index contributed by atoms with van der Waals surface area (Å²) in [6, 6.07) is 13.1. The van der Waals surface area contributed by atoms with Crippen LogP contribution in [0.4, 0.5) is 4.39 Å². The molecule has 8 heteroatoms. The normalized spacial score (nSPS) is 10.6. The van der Waals surface area contributed by atoms with E-state index in [2.05, 4.69) is 15.8 Å². The first-order valence-corrected chi connectivity index (χ1v) is 8.66. The van der Waals surface area contributed by atoms with E-state index >= 15 is 0 Å².